The van der Waals surface area contributed by atoms with E-state index in [1.165, 1.54) is 7.85 Å². The quantitative estimate of drug-likeness (QED) is 0.115. The second-order valence-corrected chi connectivity index (χ2v) is 7.44. The lowest BCUT2D eigenvalue weighted by Gasteiger charge is -2.32. The predicted octanol–water partition coefficient (Wildman–Crippen LogP) is 3.26. The molecule has 0 spiro atoms. The molecule has 0 saturated carbocycles. The smallest absolute Gasteiger partial charge is 0.215 e. The van der Waals surface area contributed by atoms with Gasteiger partial charge < -0.3 is 19.5 Å². The van der Waals surface area contributed by atoms with Crippen molar-refractivity contribution in [2.75, 3.05) is 27.1 Å². The molecule has 1 N–H and O–H groups in total. The van der Waals surface area contributed by atoms with E-state index in [1.54, 1.807) is 7.11 Å². The molecule has 0 unspecified atom stereocenters. The molecule has 32 heavy (non-hydrogen) atoms. The maximum absolute atomic E-state index is 12.0. The second-order valence-electron chi connectivity index (χ2n) is 7.44. The molecule has 9 heteroatoms. The highest BCUT2D eigenvalue weighted by Gasteiger charge is 2.31. The molecule has 0 bridgehead atoms. The largest absolute Gasteiger partial charge is 0.382 e. The van der Waals surface area contributed by atoms with E-state index in [1.807, 2.05) is 60.7 Å². The number of hydrogen-bond acceptors (Lipinski definition) is 5. The SMILES string of the molecule is BC(=O)N[C@H](Cc1ccccc1)[C@H](OCOCCOC)[C@@H](CCc1ccccc1)N=[N+]=[N-]. The third-order valence-corrected chi connectivity index (χ3v) is 5.01. The lowest BCUT2D eigenvalue weighted by molar-refractivity contribution is -0.112. The molecule has 2 rings (SSSR count). The van der Waals surface area contributed by atoms with Gasteiger partial charge in [0.25, 0.3) is 0 Å². The summed E-state index contributed by atoms with van der Waals surface area (Å²) in [7, 11) is 3.07. The number of benzene rings is 2. The summed E-state index contributed by atoms with van der Waals surface area (Å²) in [5.74, 6) is -0.178. The molecular formula is C23H31BN4O4. The summed E-state index contributed by atoms with van der Waals surface area (Å²) in [6.45, 7) is 0.825. The number of rotatable bonds is 15. The number of carbonyl (C=O) groups excluding carboxylic acids is 1. The minimum atomic E-state index is -0.568. The molecule has 0 aliphatic heterocycles. The minimum absolute atomic E-state index is 0.00167. The van der Waals surface area contributed by atoms with E-state index in [2.05, 4.69) is 15.3 Å². The molecule has 0 fully saturated rings. The second kappa shape index (κ2) is 15.0. The number of azide groups is 1. The van der Waals surface area contributed by atoms with Crippen LogP contribution >= 0.6 is 0 Å². The van der Waals surface area contributed by atoms with Gasteiger partial charge in [-0.15, -0.1) is 0 Å². The van der Waals surface area contributed by atoms with Crippen molar-refractivity contribution in [1.82, 2.24) is 5.32 Å². The number of carbonyl (C=O) groups is 1. The van der Waals surface area contributed by atoms with Crippen molar-refractivity contribution in [1.29, 1.82) is 0 Å². The summed E-state index contributed by atoms with van der Waals surface area (Å²) >= 11 is 0. The fourth-order valence-corrected chi connectivity index (χ4v) is 3.51. The zero-order valence-corrected chi connectivity index (χ0v) is 18.7. The normalized spacial score (nSPS) is 13.5. The fourth-order valence-electron chi connectivity index (χ4n) is 3.51. The van der Waals surface area contributed by atoms with E-state index < -0.39 is 18.2 Å². The molecule has 2 aromatic rings. The molecule has 0 aliphatic carbocycles. The van der Waals surface area contributed by atoms with Gasteiger partial charge in [0.2, 0.25) is 7.85 Å². The Morgan fingerprint density at radius 2 is 1.75 bits per heavy atom. The first kappa shape index (κ1) is 25.4. The Hall–Kier alpha value is -2.84. The van der Waals surface area contributed by atoms with Gasteiger partial charge in [-0.05, 0) is 35.9 Å². The topological polar surface area (TPSA) is 106 Å². The number of nitrogens with zero attached hydrogens (tertiary/aromatic N) is 3. The number of aryl methyl sites for hydroxylation is 1. The highest BCUT2D eigenvalue weighted by Crippen LogP contribution is 2.19. The predicted molar refractivity (Wildman–Crippen MR) is 126 cm³/mol. The van der Waals surface area contributed by atoms with Gasteiger partial charge >= 0.3 is 0 Å². The summed E-state index contributed by atoms with van der Waals surface area (Å²) in [6, 6.07) is 18.9. The van der Waals surface area contributed by atoms with Crippen LogP contribution in [0.5, 0.6) is 0 Å². The summed E-state index contributed by atoms with van der Waals surface area (Å²) in [5, 5.41) is 7.04. The number of methoxy groups -OCH3 is 1. The summed E-state index contributed by atoms with van der Waals surface area (Å²) in [5.41, 5.74) is 11.4. The van der Waals surface area contributed by atoms with Gasteiger partial charge in [0.1, 0.15) is 6.79 Å². The van der Waals surface area contributed by atoms with Crippen LogP contribution in [0.3, 0.4) is 0 Å². The molecule has 1 amide bonds. The van der Waals surface area contributed by atoms with E-state index in [4.69, 9.17) is 14.2 Å². The van der Waals surface area contributed by atoms with Crippen molar-refractivity contribution in [3.8, 4) is 0 Å². The van der Waals surface area contributed by atoms with Crippen LogP contribution in [0.4, 0.5) is 4.79 Å². The van der Waals surface area contributed by atoms with Crippen LogP contribution in [-0.4, -0.2) is 59.0 Å². The minimum Gasteiger partial charge on any atom is -0.382 e. The van der Waals surface area contributed by atoms with Gasteiger partial charge in [-0.2, -0.15) is 0 Å². The van der Waals surface area contributed by atoms with E-state index >= 15 is 0 Å². The molecule has 2 aromatic carbocycles. The Morgan fingerprint density at radius 3 is 2.34 bits per heavy atom. The number of hydrogen-bond donors (Lipinski definition) is 1. The first-order chi connectivity index (χ1) is 15.6. The average molecular weight is 438 g/mol. The zero-order chi connectivity index (χ0) is 23.0. The van der Waals surface area contributed by atoms with E-state index in [9.17, 15) is 10.3 Å². The Bertz CT molecular complexity index is 834. The first-order valence-corrected chi connectivity index (χ1v) is 10.7. The lowest BCUT2D eigenvalue weighted by Crippen LogP contribution is -2.50. The first-order valence-electron chi connectivity index (χ1n) is 10.7. The van der Waals surface area contributed by atoms with E-state index in [0.29, 0.717) is 32.5 Å². The standard InChI is InChI=1S/C23H31BN4O4/c1-30-14-15-31-17-32-22(20(27-28-25)13-12-18-8-4-2-5-9-18)21(26-23(24)29)16-19-10-6-3-7-11-19/h2-11,20-22H,12-17,24H2,1H3,(H,26,29)/t20-,21-,22-/m1/s1. The van der Waals surface area contributed by atoms with Crippen LogP contribution in [0.25, 0.3) is 10.4 Å². The van der Waals surface area contributed by atoms with Crippen molar-refractivity contribution >= 4 is 13.7 Å². The number of ether oxygens (including phenoxy) is 3. The van der Waals surface area contributed by atoms with Crippen molar-refractivity contribution in [2.24, 2.45) is 5.11 Å². The van der Waals surface area contributed by atoms with E-state index in [-0.39, 0.29) is 12.6 Å². The molecule has 0 aliphatic rings. The molecule has 0 heterocycles. The average Bonchev–Trinajstić information content (AvgIpc) is 2.80. The van der Waals surface area contributed by atoms with Gasteiger partial charge in [0.05, 0.1) is 31.4 Å². The number of amides is 1. The van der Waals surface area contributed by atoms with Crippen LogP contribution in [0, 0.1) is 0 Å². The molecule has 3 atom stereocenters. The van der Waals surface area contributed by atoms with Crippen molar-refractivity contribution in [3.05, 3.63) is 82.2 Å². The number of nitrogens with one attached hydrogen (secondary N) is 1. The van der Waals surface area contributed by atoms with Gasteiger partial charge in [-0.25, -0.2) is 0 Å². The molecule has 8 nitrogen and oxygen atoms in total. The maximum Gasteiger partial charge on any atom is 0.215 e. The van der Waals surface area contributed by atoms with Crippen molar-refractivity contribution in [3.63, 3.8) is 0 Å². The fraction of sp³-hybridized carbons (Fsp3) is 0.435. The Balaban J connectivity index is 2.22. The molecule has 0 aromatic heterocycles. The van der Waals surface area contributed by atoms with Gasteiger partial charge in [0, 0.05) is 12.0 Å². The van der Waals surface area contributed by atoms with E-state index in [0.717, 1.165) is 11.1 Å². The van der Waals surface area contributed by atoms with Gasteiger partial charge in [0.15, 0.2) is 5.81 Å². The lowest BCUT2D eigenvalue weighted by atomic mass is 9.92. The van der Waals surface area contributed by atoms with Crippen LogP contribution in [0.15, 0.2) is 65.8 Å². The third-order valence-electron chi connectivity index (χ3n) is 5.01. The Kier molecular flexibility index (Phi) is 12.0. The van der Waals surface area contributed by atoms with Gasteiger partial charge in [-0.3, -0.25) is 4.79 Å². The molecule has 0 radical (unpaired) electrons. The van der Waals surface area contributed by atoms with Crippen LogP contribution in [-0.2, 0) is 27.1 Å². The zero-order valence-electron chi connectivity index (χ0n) is 18.7. The molecule has 0 saturated heterocycles. The van der Waals surface area contributed by atoms with Crippen molar-refractivity contribution < 1.29 is 19.0 Å². The summed E-state index contributed by atoms with van der Waals surface area (Å²) in [4.78, 5) is 15.1. The Labute approximate surface area is 190 Å². The maximum atomic E-state index is 12.0. The highest BCUT2D eigenvalue weighted by molar-refractivity contribution is 6.57. The summed E-state index contributed by atoms with van der Waals surface area (Å²) in [6.07, 6.45) is 1.25. The van der Waals surface area contributed by atoms with Crippen LogP contribution in [0.2, 0.25) is 0 Å². The monoisotopic (exact) mass is 438 g/mol. The van der Waals surface area contributed by atoms with Crippen LogP contribution in [0.1, 0.15) is 17.5 Å². The third kappa shape index (κ3) is 9.53. The summed E-state index contributed by atoms with van der Waals surface area (Å²) < 4.78 is 16.6. The Morgan fingerprint density at radius 1 is 1.09 bits per heavy atom. The van der Waals surface area contributed by atoms with Crippen LogP contribution < -0.4 is 5.32 Å². The van der Waals surface area contributed by atoms with Crippen molar-refractivity contribution in [2.45, 2.75) is 37.5 Å². The molecule has 170 valence electrons. The molecular weight excluding hydrogens is 407 g/mol. The highest BCUT2D eigenvalue weighted by atomic mass is 16.7. The van der Waals surface area contributed by atoms with Gasteiger partial charge in [-0.1, -0.05) is 65.8 Å².